The highest BCUT2D eigenvalue weighted by Crippen LogP contribution is 2.36. The van der Waals surface area contributed by atoms with Crippen molar-refractivity contribution in [1.82, 2.24) is 4.98 Å². The number of hydrogen-bond acceptors (Lipinski definition) is 3. The zero-order valence-electron chi connectivity index (χ0n) is 11.7. The average Bonchev–Trinajstić information content (AvgIpc) is 3.00. The van der Waals surface area contributed by atoms with E-state index in [2.05, 4.69) is 61.2 Å². The largest absolute Gasteiger partial charge is 0.236 e. The quantitative estimate of drug-likeness (QED) is 0.453. The third-order valence-corrected chi connectivity index (χ3v) is 5.09. The lowest BCUT2D eigenvalue weighted by atomic mass is 10.0. The Labute approximate surface area is 138 Å². The number of para-hydroxylation sites is 1. The Hall–Kier alpha value is -2.10. The second-order valence-electron chi connectivity index (χ2n) is 5.08. The molecule has 0 fully saturated rings. The van der Waals surface area contributed by atoms with Crippen molar-refractivity contribution in [3.05, 3.63) is 72.8 Å². The summed E-state index contributed by atoms with van der Waals surface area (Å²) in [7, 11) is 0. The SMILES string of the molecule is Sc1ccc(-c2ccccc2)cc1-c1nc2ccccc2s1. The molecule has 0 N–H and O–H groups in total. The summed E-state index contributed by atoms with van der Waals surface area (Å²) in [6, 6.07) is 24.9. The van der Waals surface area contributed by atoms with Gasteiger partial charge in [0.15, 0.2) is 0 Å². The first-order valence-corrected chi connectivity index (χ1v) is 8.32. The highest BCUT2D eigenvalue weighted by atomic mass is 32.1. The van der Waals surface area contributed by atoms with Gasteiger partial charge in [-0.2, -0.15) is 0 Å². The van der Waals surface area contributed by atoms with Gasteiger partial charge in [0.25, 0.3) is 0 Å². The summed E-state index contributed by atoms with van der Waals surface area (Å²) in [4.78, 5) is 5.71. The molecule has 0 atom stereocenters. The number of hydrogen-bond donors (Lipinski definition) is 1. The van der Waals surface area contributed by atoms with E-state index >= 15 is 0 Å². The standard InChI is InChI=1S/C19H13NS2/c21-17-11-10-14(13-6-2-1-3-7-13)12-15(17)19-20-16-8-4-5-9-18(16)22-19/h1-12,21H. The van der Waals surface area contributed by atoms with Crippen molar-refractivity contribution in [1.29, 1.82) is 0 Å². The fourth-order valence-electron chi connectivity index (χ4n) is 2.50. The average molecular weight is 319 g/mol. The highest BCUT2D eigenvalue weighted by molar-refractivity contribution is 7.80. The molecule has 0 amide bonds. The Kier molecular flexibility index (Phi) is 3.45. The molecule has 0 saturated heterocycles. The number of rotatable bonds is 2. The van der Waals surface area contributed by atoms with Crippen LogP contribution in [-0.4, -0.2) is 4.98 Å². The van der Waals surface area contributed by atoms with E-state index in [-0.39, 0.29) is 0 Å². The van der Waals surface area contributed by atoms with Crippen LogP contribution in [0, 0.1) is 0 Å². The van der Waals surface area contributed by atoms with Crippen LogP contribution in [0.3, 0.4) is 0 Å². The van der Waals surface area contributed by atoms with E-state index in [1.165, 1.54) is 15.8 Å². The van der Waals surface area contributed by atoms with Gasteiger partial charge in [-0.1, -0.05) is 48.5 Å². The second kappa shape index (κ2) is 5.59. The van der Waals surface area contributed by atoms with Crippen LogP contribution in [0.4, 0.5) is 0 Å². The molecule has 0 bridgehead atoms. The summed E-state index contributed by atoms with van der Waals surface area (Å²) in [5.74, 6) is 0. The first-order valence-electron chi connectivity index (χ1n) is 7.06. The number of aromatic nitrogens is 1. The fourth-order valence-corrected chi connectivity index (χ4v) is 3.82. The topological polar surface area (TPSA) is 12.9 Å². The predicted octanol–water partition coefficient (Wildman–Crippen LogP) is 5.92. The zero-order chi connectivity index (χ0) is 14.9. The normalized spacial score (nSPS) is 11.0. The summed E-state index contributed by atoms with van der Waals surface area (Å²) >= 11 is 6.33. The van der Waals surface area contributed by atoms with Gasteiger partial charge in [-0.05, 0) is 35.4 Å². The molecule has 0 radical (unpaired) electrons. The van der Waals surface area contributed by atoms with Crippen LogP contribution < -0.4 is 0 Å². The van der Waals surface area contributed by atoms with Crippen LogP contribution in [0.25, 0.3) is 31.9 Å². The number of thiazole rings is 1. The van der Waals surface area contributed by atoms with E-state index in [9.17, 15) is 0 Å². The van der Waals surface area contributed by atoms with Gasteiger partial charge < -0.3 is 0 Å². The molecule has 0 saturated carbocycles. The van der Waals surface area contributed by atoms with Crippen LogP contribution in [0.2, 0.25) is 0 Å². The Bertz CT molecular complexity index is 909. The van der Waals surface area contributed by atoms with E-state index in [0.717, 1.165) is 21.0 Å². The maximum atomic E-state index is 4.75. The molecule has 0 aliphatic carbocycles. The summed E-state index contributed by atoms with van der Waals surface area (Å²) in [5.41, 5.74) is 4.53. The lowest BCUT2D eigenvalue weighted by Crippen LogP contribution is -1.83. The lowest BCUT2D eigenvalue weighted by molar-refractivity contribution is 1.40. The van der Waals surface area contributed by atoms with Crippen molar-refractivity contribution in [3.63, 3.8) is 0 Å². The van der Waals surface area contributed by atoms with Crippen LogP contribution in [0.1, 0.15) is 0 Å². The van der Waals surface area contributed by atoms with Gasteiger partial charge >= 0.3 is 0 Å². The summed E-state index contributed by atoms with van der Waals surface area (Å²) in [6.45, 7) is 0. The van der Waals surface area contributed by atoms with Gasteiger partial charge in [0.05, 0.1) is 10.2 Å². The minimum absolute atomic E-state index is 0.957. The third kappa shape index (κ3) is 2.43. The molecule has 1 heterocycles. The number of thiol groups is 1. The van der Waals surface area contributed by atoms with Gasteiger partial charge in [-0.25, -0.2) is 4.98 Å². The van der Waals surface area contributed by atoms with Crippen molar-refractivity contribution in [2.75, 3.05) is 0 Å². The molecule has 22 heavy (non-hydrogen) atoms. The van der Waals surface area contributed by atoms with Crippen molar-refractivity contribution in [2.45, 2.75) is 4.90 Å². The summed E-state index contributed by atoms with van der Waals surface area (Å²) in [5, 5.41) is 1.02. The molecule has 0 unspecified atom stereocenters. The molecule has 0 spiro atoms. The molecular formula is C19H13NS2. The first-order chi connectivity index (χ1) is 10.8. The van der Waals surface area contributed by atoms with Crippen molar-refractivity contribution < 1.29 is 0 Å². The lowest BCUT2D eigenvalue weighted by Gasteiger charge is -2.06. The zero-order valence-corrected chi connectivity index (χ0v) is 13.4. The Morgan fingerprint density at radius 2 is 1.55 bits per heavy atom. The van der Waals surface area contributed by atoms with Crippen LogP contribution in [0.5, 0.6) is 0 Å². The Balaban J connectivity index is 1.87. The number of fused-ring (bicyclic) bond motifs is 1. The van der Waals surface area contributed by atoms with Crippen molar-refractivity contribution >= 4 is 34.2 Å². The van der Waals surface area contributed by atoms with E-state index in [4.69, 9.17) is 4.98 Å². The van der Waals surface area contributed by atoms with Gasteiger partial charge in [0.2, 0.25) is 0 Å². The van der Waals surface area contributed by atoms with Gasteiger partial charge in [-0.15, -0.1) is 24.0 Å². The fraction of sp³-hybridized carbons (Fsp3) is 0. The molecule has 106 valence electrons. The maximum Gasteiger partial charge on any atom is 0.125 e. The Morgan fingerprint density at radius 1 is 0.773 bits per heavy atom. The molecular weight excluding hydrogens is 306 g/mol. The molecule has 0 aliphatic rings. The van der Waals surface area contributed by atoms with Gasteiger partial charge in [0.1, 0.15) is 5.01 Å². The van der Waals surface area contributed by atoms with E-state index < -0.39 is 0 Å². The van der Waals surface area contributed by atoms with Crippen molar-refractivity contribution in [3.8, 4) is 21.7 Å². The monoisotopic (exact) mass is 319 g/mol. The number of benzene rings is 3. The van der Waals surface area contributed by atoms with Crippen LogP contribution >= 0.6 is 24.0 Å². The predicted molar refractivity (Wildman–Crippen MR) is 97.7 cm³/mol. The Morgan fingerprint density at radius 3 is 2.36 bits per heavy atom. The molecule has 0 aliphatic heterocycles. The molecule has 4 aromatic rings. The minimum atomic E-state index is 0.957. The molecule has 3 heteroatoms. The summed E-state index contributed by atoms with van der Waals surface area (Å²) < 4.78 is 1.20. The van der Waals surface area contributed by atoms with Crippen LogP contribution in [-0.2, 0) is 0 Å². The molecule has 1 nitrogen and oxygen atoms in total. The molecule has 3 aromatic carbocycles. The van der Waals surface area contributed by atoms with E-state index in [0.29, 0.717) is 0 Å². The summed E-state index contributed by atoms with van der Waals surface area (Å²) in [6.07, 6.45) is 0. The van der Waals surface area contributed by atoms with Crippen molar-refractivity contribution in [2.24, 2.45) is 0 Å². The molecule has 1 aromatic heterocycles. The van der Waals surface area contributed by atoms with Gasteiger partial charge in [-0.3, -0.25) is 0 Å². The van der Waals surface area contributed by atoms with E-state index in [1.807, 2.05) is 24.3 Å². The van der Waals surface area contributed by atoms with Crippen LogP contribution in [0.15, 0.2) is 77.7 Å². The van der Waals surface area contributed by atoms with E-state index in [1.54, 1.807) is 11.3 Å². The maximum absolute atomic E-state index is 4.75. The van der Waals surface area contributed by atoms with Gasteiger partial charge in [0, 0.05) is 10.5 Å². The third-order valence-electron chi connectivity index (χ3n) is 3.63. The first kappa shape index (κ1) is 13.6. The highest BCUT2D eigenvalue weighted by Gasteiger charge is 2.10. The second-order valence-corrected chi connectivity index (χ2v) is 6.60. The smallest absolute Gasteiger partial charge is 0.125 e. The number of nitrogens with zero attached hydrogens (tertiary/aromatic N) is 1. The molecule has 4 rings (SSSR count). The minimum Gasteiger partial charge on any atom is -0.236 e.